The van der Waals surface area contributed by atoms with Gasteiger partial charge in [0.25, 0.3) is 0 Å². The Hall–Kier alpha value is -3.12. The fourth-order valence-corrected chi connectivity index (χ4v) is 5.86. The van der Waals surface area contributed by atoms with E-state index in [0.29, 0.717) is 30.2 Å². The first kappa shape index (κ1) is 29.9. The van der Waals surface area contributed by atoms with Crippen molar-refractivity contribution in [1.82, 2.24) is 19.6 Å². The third kappa shape index (κ3) is 7.75. The van der Waals surface area contributed by atoms with Crippen molar-refractivity contribution in [3.8, 4) is 11.5 Å². The van der Waals surface area contributed by atoms with E-state index < -0.39 is 10.0 Å². The van der Waals surface area contributed by atoms with Crippen molar-refractivity contribution < 1.29 is 17.9 Å². The molecule has 1 aliphatic heterocycles. The highest BCUT2D eigenvalue weighted by Gasteiger charge is 2.22. The highest BCUT2D eigenvalue weighted by atomic mass is 35.5. The van der Waals surface area contributed by atoms with E-state index in [1.54, 1.807) is 18.2 Å². The first-order valence-electron chi connectivity index (χ1n) is 13.5. The number of halogens is 1. The molecule has 3 N–H and O–H groups in total. The van der Waals surface area contributed by atoms with E-state index in [1.165, 1.54) is 12.3 Å². The molecular weight excluding hydrogens is 552 g/mol. The Morgan fingerprint density at radius 2 is 1.85 bits per heavy atom. The lowest BCUT2D eigenvalue weighted by Crippen LogP contribution is -2.35. The zero-order chi connectivity index (χ0) is 28.7. The van der Waals surface area contributed by atoms with Crippen molar-refractivity contribution in [3.05, 3.63) is 53.7 Å². The third-order valence-corrected chi connectivity index (χ3v) is 8.53. The van der Waals surface area contributed by atoms with Crippen LogP contribution in [0.5, 0.6) is 11.5 Å². The summed E-state index contributed by atoms with van der Waals surface area (Å²) in [6.45, 7) is 8.14. The second-order valence-electron chi connectivity index (χ2n) is 9.78. The molecule has 216 valence electrons. The number of piperidine rings is 1. The first-order valence-corrected chi connectivity index (χ1v) is 15.3. The fourth-order valence-electron chi connectivity index (χ4n) is 4.23. The van der Waals surface area contributed by atoms with Crippen LogP contribution in [0, 0.1) is 0 Å². The summed E-state index contributed by atoms with van der Waals surface area (Å²) in [6.07, 6.45) is 4.24. The van der Waals surface area contributed by atoms with Crippen LogP contribution < -0.4 is 24.8 Å². The molecule has 0 spiro atoms. The summed E-state index contributed by atoms with van der Waals surface area (Å²) in [5.74, 6) is 1.86. The molecule has 10 nitrogen and oxygen atoms in total. The van der Waals surface area contributed by atoms with Gasteiger partial charge >= 0.3 is 0 Å². The van der Waals surface area contributed by atoms with Gasteiger partial charge in [-0.1, -0.05) is 30.7 Å². The lowest BCUT2D eigenvalue weighted by Gasteiger charge is -2.29. The Bertz CT molecular complexity index is 1400. The Morgan fingerprint density at radius 3 is 2.58 bits per heavy atom. The summed E-state index contributed by atoms with van der Waals surface area (Å²) in [5, 5.41) is 6.49. The van der Waals surface area contributed by atoms with Crippen LogP contribution in [0.3, 0.4) is 0 Å². The summed E-state index contributed by atoms with van der Waals surface area (Å²) in [5.41, 5.74) is 1.00. The number of hydrogen-bond acceptors (Lipinski definition) is 9. The normalized spacial score (nSPS) is 15.4. The minimum absolute atomic E-state index is 0.0957. The van der Waals surface area contributed by atoms with E-state index in [9.17, 15) is 8.42 Å². The van der Waals surface area contributed by atoms with E-state index in [1.807, 2.05) is 39.0 Å². The molecular formula is C28H37ClN6O4S. The molecule has 12 heteroatoms. The summed E-state index contributed by atoms with van der Waals surface area (Å²) >= 11 is 6.40. The molecule has 1 saturated heterocycles. The molecule has 1 fully saturated rings. The van der Waals surface area contributed by atoms with Crippen molar-refractivity contribution in [3.63, 3.8) is 0 Å². The van der Waals surface area contributed by atoms with Gasteiger partial charge in [0.15, 0.2) is 5.82 Å². The smallest absolute Gasteiger partial charge is 0.242 e. The van der Waals surface area contributed by atoms with Gasteiger partial charge in [0, 0.05) is 25.2 Å². The zero-order valence-corrected chi connectivity index (χ0v) is 24.8. The lowest BCUT2D eigenvalue weighted by atomic mass is 10.1. The molecule has 0 radical (unpaired) electrons. The first-order chi connectivity index (χ1) is 19.2. The largest absolute Gasteiger partial charge is 0.492 e. The molecule has 0 amide bonds. The standard InChI is InChI=1S/C28H37ClN6O4S/c1-5-19(3)34-40(36,37)26-10-8-7-9-24(26)31-27-22(29)18-30-28(33-27)32-23-12-11-21(17-25(23)38-6-2)39-20-13-15-35(4)16-14-20/h7-12,17-20,34H,5-6,13-16H2,1-4H3,(H2,30,31,32,33). The quantitative estimate of drug-likeness (QED) is 0.250. The van der Waals surface area contributed by atoms with Crippen LogP contribution in [0.25, 0.3) is 0 Å². The third-order valence-electron chi connectivity index (χ3n) is 6.61. The molecule has 2 aromatic carbocycles. The molecule has 0 saturated carbocycles. The average molecular weight is 589 g/mol. The van der Waals surface area contributed by atoms with Crippen LogP contribution in [0.4, 0.5) is 23.1 Å². The number of nitrogens with one attached hydrogen (secondary N) is 3. The van der Waals surface area contributed by atoms with Crippen LogP contribution in [-0.4, -0.2) is 62.2 Å². The van der Waals surface area contributed by atoms with Crippen LogP contribution in [0.2, 0.25) is 5.02 Å². The molecule has 3 aromatic rings. The maximum Gasteiger partial charge on any atom is 0.242 e. The predicted molar refractivity (Wildman–Crippen MR) is 159 cm³/mol. The molecule has 1 unspecified atom stereocenters. The number of likely N-dealkylation sites (tertiary alicyclic amines) is 1. The van der Waals surface area contributed by atoms with Gasteiger partial charge in [-0.15, -0.1) is 0 Å². The van der Waals surface area contributed by atoms with Crippen molar-refractivity contribution in [2.24, 2.45) is 0 Å². The van der Waals surface area contributed by atoms with Crippen molar-refractivity contribution in [2.75, 3.05) is 37.4 Å². The van der Waals surface area contributed by atoms with E-state index in [0.717, 1.165) is 31.7 Å². The molecule has 2 heterocycles. The number of ether oxygens (including phenoxy) is 2. The van der Waals surface area contributed by atoms with E-state index in [-0.39, 0.29) is 33.8 Å². The molecule has 0 aliphatic carbocycles. The van der Waals surface area contributed by atoms with Crippen LogP contribution in [0.15, 0.2) is 53.6 Å². The van der Waals surface area contributed by atoms with E-state index >= 15 is 0 Å². The average Bonchev–Trinajstić information content (AvgIpc) is 2.93. The van der Waals surface area contributed by atoms with Crippen molar-refractivity contribution in [2.45, 2.75) is 57.1 Å². The van der Waals surface area contributed by atoms with Crippen molar-refractivity contribution in [1.29, 1.82) is 0 Å². The van der Waals surface area contributed by atoms with Gasteiger partial charge in [0.05, 0.1) is 24.2 Å². The number of para-hydroxylation sites is 1. The summed E-state index contributed by atoms with van der Waals surface area (Å²) in [4.78, 5) is 11.2. The SMILES string of the molecule is CCOc1cc(OC2CCN(C)CC2)ccc1Nc1ncc(Cl)c(Nc2ccccc2S(=O)(=O)NC(C)CC)n1. The van der Waals surface area contributed by atoms with Gasteiger partial charge in [-0.2, -0.15) is 4.98 Å². The van der Waals surface area contributed by atoms with Crippen LogP contribution >= 0.6 is 11.6 Å². The van der Waals surface area contributed by atoms with Gasteiger partial charge in [-0.3, -0.25) is 0 Å². The Balaban J connectivity index is 1.54. The molecule has 40 heavy (non-hydrogen) atoms. The molecule has 1 aliphatic rings. The number of anilines is 4. The topological polar surface area (TPSA) is 118 Å². The summed E-state index contributed by atoms with van der Waals surface area (Å²) in [6, 6.07) is 12.0. The van der Waals surface area contributed by atoms with Gasteiger partial charge in [-0.25, -0.2) is 18.1 Å². The van der Waals surface area contributed by atoms with E-state index in [2.05, 4.69) is 37.3 Å². The number of hydrogen-bond donors (Lipinski definition) is 3. The maximum atomic E-state index is 13.0. The van der Waals surface area contributed by atoms with Crippen LogP contribution in [-0.2, 0) is 10.0 Å². The highest BCUT2D eigenvalue weighted by Crippen LogP contribution is 2.34. The Labute approximate surface area is 241 Å². The Kier molecular flexibility index (Phi) is 10.1. The Morgan fingerprint density at radius 1 is 1.10 bits per heavy atom. The minimum Gasteiger partial charge on any atom is -0.492 e. The predicted octanol–water partition coefficient (Wildman–Crippen LogP) is 5.57. The number of rotatable bonds is 12. The van der Waals surface area contributed by atoms with Crippen LogP contribution in [0.1, 0.15) is 40.0 Å². The molecule has 1 atom stereocenters. The second kappa shape index (κ2) is 13.5. The highest BCUT2D eigenvalue weighted by molar-refractivity contribution is 7.89. The van der Waals surface area contributed by atoms with Crippen molar-refractivity contribution >= 4 is 44.8 Å². The number of nitrogens with zero attached hydrogens (tertiary/aromatic N) is 3. The fraction of sp³-hybridized carbons (Fsp3) is 0.429. The maximum absolute atomic E-state index is 13.0. The monoisotopic (exact) mass is 588 g/mol. The summed E-state index contributed by atoms with van der Waals surface area (Å²) in [7, 11) is -1.65. The van der Waals surface area contributed by atoms with E-state index in [4.69, 9.17) is 21.1 Å². The lowest BCUT2D eigenvalue weighted by molar-refractivity contribution is 0.114. The number of benzene rings is 2. The van der Waals surface area contributed by atoms with Gasteiger partial charge < -0.3 is 25.0 Å². The minimum atomic E-state index is -3.77. The zero-order valence-electron chi connectivity index (χ0n) is 23.3. The molecule has 4 rings (SSSR count). The van der Waals surface area contributed by atoms with Gasteiger partial charge in [-0.05, 0) is 64.4 Å². The number of aromatic nitrogens is 2. The second-order valence-corrected chi connectivity index (χ2v) is 11.9. The summed E-state index contributed by atoms with van der Waals surface area (Å²) < 4.78 is 40.8. The molecule has 1 aromatic heterocycles. The van der Waals surface area contributed by atoms with Gasteiger partial charge in [0.1, 0.15) is 27.5 Å². The number of sulfonamides is 1. The van der Waals surface area contributed by atoms with Gasteiger partial charge in [0.2, 0.25) is 16.0 Å². The molecule has 0 bridgehead atoms.